The van der Waals surface area contributed by atoms with Gasteiger partial charge in [0.05, 0.1) is 0 Å². The third kappa shape index (κ3) is 3.80. The van der Waals surface area contributed by atoms with Crippen LogP contribution in [0, 0.1) is 0 Å². The predicted molar refractivity (Wildman–Crippen MR) is 80.8 cm³/mol. The second-order valence-corrected chi connectivity index (χ2v) is 5.96. The molecule has 1 aromatic heterocycles. The Bertz CT molecular complexity index is 709. The Morgan fingerprint density at radius 1 is 1.40 bits per heavy atom. The van der Waals surface area contributed by atoms with Crippen molar-refractivity contribution in [2.45, 2.75) is 45.1 Å². The molecule has 1 saturated heterocycles. The average molecular weight is 358 g/mol. The van der Waals surface area contributed by atoms with E-state index in [-0.39, 0.29) is 24.5 Å². The molecule has 11 heteroatoms. The number of nitrogens with one attached hydrogen (secondary N) is 1. The van der Waals surface area contributed by atoms with Crippen LogP contribution in [0.5, 0.6) is 6.01 Å². The standard InChI is InChI=1S/C14H17F3N6O2/c1-7(14(15,16)17)25-13-20-10-5-18-22-11(10)12(21-13)23-4-3-9(6-23)19-8(2)24/h7,9H,3-6H2,1-2H3,(H,19,24)/t7-,9-/m0/s1. The predicted octanol–water partition coefficient (Wildman–Crippen LogP) is 2.12. The Kier molecular flexibility index (Phi) is 4.48. The zero-order valence-corrected chi connectivity index (χ0v) is 13.7. The van der Waals surface area contributed by atoms with Gasteiger partial charge in [0, 0.05) is 26.1 Å². The number of fused-ring (bicyclic) bond motifs is 1. The number of rotatable bonds is 4. The minimum absolute atomic E-state index is 0.0556. The number of aromatic nitrogens is 2. The first-order valence-corrected chi connectivity index (χ1v) is 7.78. The Balaban J connectivity index is 1.84. The number of halogens is 3. The van der Waals surface area contributed by atoms with E-state index in [1.54, 1.807) is 0 Å². The number of alkyl halides is 3. The fourth-order valence-electron chi connectivity index (χ4n) is 2.71. The van der Waals surface area contributed by atoms with Gasteiger partial charge < -0.3 is 15.0 Å². The molecule has 0 radical (unpaired) electrons. The summed E-state index contributed by atoms with van der Waals surface area (Å²) in [6.07, 6.45) is -5.84. The lowest BCUT2D eigenvalue weighted by atomic mass is 10.2. The summed E-state index contributed by atoms with van der Waals surface area (Å²) >= 11 is 0. The van der Waals surface area contributed by atoms with Crippen molar-refractivity contribution < 1.29 is 22.7 Å². The molecule has 0 aliphatic carbocycles. The van der Waals surface area contributed by atoms with Crippen LogP contribution in [0.25, 0.3) is 0 Å². The first-order chi connectivity index (χ1) is 11.7. The van der Waals surface area contributed by atoms with E-state index in [1.165, 1.54) is 6.92 Å². The molecule has 2 aliphatic heterocycles. The Morgan fingerprint density at radius 3 is 2.84 bits per heavy atom. The minimum atomic E-state index is -4.51. The molecule has 2 aliphatic rings. The fourth-order valence-corrected chi connectivity index (χ4v) is 2.71. The average Bonchev–Trinajstić information content (AvgIpc) is 3.13. The van der Waals surface area contributed by atoms with E-state index in [0.717, 1.165) is 6.92 Å². The number of carbonyl (C=O) groups is 1. The Morgan fingerprint density at radius 2 is 2.16 bits per heavy atom. The second kappa shape index (κ2) is 6.45. The Hall–Kier alpha value is -2.46. The van der Waals surface area contributed by atoms with Gasteiger partial charge in [-0.2, -0.15) is 28.3 Å². The zero-order chi connectivity index (χ0) is 18.2. The van der Waals surface area contributed by atoms with Crippen molar-refractivity contribution in [1.82, 2.24) is 15.3 Å². The topological polar surface area (TPSA) is 92.1 Å². The number of hydrogen-bond acceptors (Lipinski definition) is 7. The number of ether oxygens (including phenoxy) is 1. The third-order valence-electron chi connectivity index (χ3n) is 3.95. The van der Waals surface area contributed by atoms with Crippen LogP contribution in [0.1, 0.15) is 26.0 Å². The van der Waals surface area contributed by atoms with Crippen LogP contribution in [0.2, 0.25) is 0 Å². The number of hydrogen-bond donors (Lipinski definition) is 1. The summed E-state index contributed by atoms with van der Waals surface area (Å²) in [5.41, 5.74) is 0.868. The van der Waals surface area contributed by atoms with Gasteiger partial charge in [-0.1, -0.05) is 0 Å². The first kappa shape index (κ1) is 17.4. The highest BCUT2D eigenvalue weighted by atomic mass is 19.4. The molecule has 8 nitrogen and oxygen atoms in total. The maximum Gasteiger partial charge on any atom is 0.425 e. The van der Waals surface area contributed by atoms with Gasteiger partial charge in [0.2, 0.25) is 5.91 Å². The van der Waals surface area contributed by atoms with Crippen molar-refractivity contribution in [3.63, 3.8) is 0 Å². The van der Waals surface area contributed by atoms with E-state index in [2.05, 4.69) is 25.5 Å². The first-order valence-electron chi connectivity index (χ1n) is 7.78. The lowest BCUT2D eigenvalue weighted by Gasteiger charge is -2.21. The monoisotopic (exact) mass is 358 g/mol. The maximum absolute atomic E-state index is 12.7. The van der Waals surface area contributed by atoms with Crippen LogP contribution in [0.4, 0.5) is 24.7 Å². The summed E-state index contributed by atoms with van der Waals surface area (Å²) in [7, 11) is 0. The van der Waals surface area contributed by atoms with Crippen LogP contribution in [-0.4, -0.2) is 47.3 Å². The number of nitrogens with zero attached hydrogens (tertiary/aromatic N) is 5. The van der Waals surface area contributed by atoms with Crippen molar-refractivity contribution in [2.24, 2.45) is 10.2 Å². The summed E-state index contributed by atoms with van der Waals surface area (Å²) in [4.78, 5) is 21.1. The molecular weight excluding hydrogens is 341 g/mol. The summed E-state index contributed by atoms with van der Waals surface area (Å²) in [5, 5.41) is 10.7. The van der Waals surface area contributed by atoms with Gasteiger partial charge in [-0.05, 0) is 13.3 Å². The highest BCUT2D eigenvalue weighted by molar-refractivity contribution is 5.73. The van der Waals surface area contributed by atoms with Gasteiger partial charge in [0.15, 0.2) is 17.6 Å². The zero-order valence-electron chi connectivity index (χ0n) is 13.7. The van der Waals surface area contributed by atoms with E-state index < -0.39 is 12.3 Å². The molecule has 0 unspecified atom stereocenters. The molecule has 1 amide bonds. The third-order valence-corrected chi connectivity index (χ3v) is 3.95. The van der Waals surface area contributed by atoms with E-state index >= 15 is 0 Å². The molecule has 0 spiro atoms. The molecule has 3 heterocycles. The summed E-state index contributed by atoms with van der Waals surface area (Å²) in [5.74, 6) is 0.242. The molecule has 2 atom stereocenters. The molecule has 1 N–H and O–H groups in total. The number of carbonyl (C=O) groups excluding carboxylic acids is 1. The number of amides is 1. The lowest BCUT2D eigenvalue weighted by molar-refractivity contribution is -0.190. The summed E-state index contributed by atoms with van der Waals surface area (Å²) in [6, 6.07) is -0.409. The normalized spacial score (nSPS) is 20.5. The highest BCUT2D eigenvalue weighted by Gasteiger charge is 2.39. The minimum Gasteiger partial charge on any atom is -0.451 e. The lowest BCUT2D eigenvalue weighted by Crippen LogP contribution is -2.36. The molecule has 0 aromatic carbocycles. The van der Waals surface area contributed by atoms with Crippen LogP contribution in [0.3, 0.4) is 0 Å². The second-order valence-electron chi connectivity index (χ2n) is 5.96. The van der Waals surface area contributed by atoms with Crippen molar-refractivity contribution >= 4 is 17.4 Å². The van der Waals surface area contributed by atoms with Crippen molar-refractivity contribution in [1.29, 1.82) is 0 Å². The van der Waals surface area contributed by atoms with Crippen LogP contribution >= 0.6 is 0 Å². The molecule has 136 valence electrons. The number of anilines is 1. The summed E-state index contributed by atoms with van der Waals surface area (Å²) in [6.45, 7) is 3.56. The maximum atomic E-state index is 12.7. The quantitative estimate of drug-likeness (QED) is 0.890. The van der Waals surface area contributed by atoms with E-state index in [0.29, 0.717) is 36.7 Å². The fraction of sp³-hybridized carbons (Fsp3) is 0.643. The largest absolute Gasteiger partial charge is 0.451 e. The van der Waals surface area contributed by atoms with Crippen molar-refractivity contribution in [2.75, 3.05) is 18.0 Å². The summed E-state index contributed by atoms with van der Waals surface area (Å²) < 4.78 is 43.0. The van der Waals surface area contributed by atoms with Gasteiger partial charge in [-0.3, -0.25) is 4.79 Å². The molecule has 1 aromatic rings. The van der Waals surface area contributed by atoms with E-state index in [1.807, 2.05) is 4.90 Å². The number of azo groups is 1. The van der Waals surface area contributed by atoms with E-state index in [9.17, 15) is 18.0 Å². The van der Waals surface area contributed by atoms with E-state index in [4.69, 9.17) is 4.74 Å². The molecule has 0 saturated carbocycles. The van der Waals surface area contributed by atoms with Crippen LogP contribution < -0.4 is 15.0 Å². The van der Waals surface area contributed by atoms with Gasteiger partial charge in [0.25, 0.3) is 0 Å². The van der Waals surface area contributed by atoms with Crippen molar-refractivity contribution in [3.05, 3.63) is 5.69 Å². The molecule has 25 heavy (non-hydrogen) atoms. The van der Waals surface area contributed by atoms with Gasteiger partial charge in [-0.25, -0.2) is 0 Å². The Labute approximate surface area is 141 Å². The van der Waals surface area contributed by atoms with Gasteiger partial charge >= 0.3 is 12.2 Å². The molecule has 3 rings (SSSR count). The molecule has 0 bridgehead atoms. The SMILES string of the molecule is CC(=O)N[C@H]1CCN(c2nc(O[C@@H](C)C(F)(F)F)nc3c2N=NC3)C1. The molecular formula is C14H17F3N6O2. The van der Waals surface area contributed by atoms with Gasteiger partial charge in [0.1, 0.15) is 12.2 Å². The molecule has 1 fully saturated rings. The van der Waals surface area contributed by atoms with Crippen LogP contribution in [0.15, 0.2) is 10.2 Å². The highest BCUT2D eigenvalue weighted by Crippen LogP contribution is 2.38. The van der Waals surface area contributed by atoms with Crippen LogP contribution in [-0.2, 0) is 11.3 Å². The van der Waals surface area contributed by atoms with Gasteiger partial charge in [-0.15, -0.1) is 5.11 Å². The smallest absolute Gasteiger partial charge is 0.425 e. The van der Waals surface area contributed by atoms with Crippen molar-refractivity contribution in [3.8, 4) is 6.01 Å².